The second-order valence-electron chi connectivity index (χ2n) is 6.55. The van der Waals surface area contributed by atoms with Gasteiger partial charge in [-0.3, -0.25) is 14.4 Å². The summed E-state index contributed by atoms with van der Waals surface area (Å²) in [6, 6.07) is 9.50. The van der Waals surface area contributed by atoms with Crippen molar-refractivity contribution in [3.05, 3.63) is 35.9 Å². The Labute approximate surface area is 153 Å². The first kappa shape index (κ1) is 19.9. The lowest BCUT2D eigenvalue weighted by atomic mass is 9.93. The molecule has 2 rings (SSSR count). The molecule has 0 bridgehead atoms. The van der Waals surface area contributed by atoms with Gasteiger partial charge in [0.15, 0.2) is 0 Å². The van der Waals surface area contributed by atoms with E-state index in [1.54, 1.807) is 4.90 Å². The number of rotatable bonds is 6. The van der Waals surface area contributed by atoms with Crippen LogP contribution in [-0.2, 0) is 35.2 Å². The fraction of sp³-hybridized carbons (Fsp3) is 0.526. The third-order valence-electron chi connectivity index (χ3n) is 4.15. The summed E-state index contributed by atoms with van der Waals surface area (Å²) in [6.07, 6.45) is 0.344. The predicted octanol–water partition coefficient (Wildman–Crippen LogP) is 1.89. The highest BCUT2D eigenvalue weighted by molar-refractivity contribution is 5.73. The van der Waals surface area contributed by atoms with Crippen molar-refractivity contribution in [2.75, 3.05) is 19.7 Å². The molecule has 7 nitrogen and oxygen atoms in total. The molecule has 142 valence electrons. The number of ether oxygens (including phenoxy) is 3. The smallest absolute Gasteiger partial charge is 0.305 e. The molecule has 1 heterocycles. The van der Waals surface area contributed by atoms with Gasteiger partial charge in [0.25, 0.3) is 0 Å². The van der Waals surface area contributed by atoms with Crippen LogP contribution in [-0.4, -0.2) is 48.2 Å². The molecule has 2 atom stereocenters. The average Bonchev–Trinajstić information content (AvgIpc) is 2.58. The zero-order valence-corrected chi connectivity index (χ0v) is 15.4. The van der Waals surface area contributed by atoms with E-state index in [4.69, 9.17) is 14.2 Å². The number of benzene rings is 1. The molecule has 1 fully saturated rings. The highest BCUT2D eigenvalue weighted by atomic mass is 16.7. The van der Waals surface area contributed by atoms with Crippen LogP contribution >= 0.6 is 0 Å². The van der Waals surface area contributed by atoms with Gasteiger partial charge in [-0.05, 0) is 5.56 Å². The highest BCUT2D eigenvalue weighted by Gasteiger charge is 2.45. The van der Waals surface area contributed by atoms with Crippen molar-refractivity contribution in [1.29, 1.82) is 0 Å². The normalized spacial score (nSPS) is 22.6. The number of carbonyl (C=O) groups excluding carboxylic acids is 3. The lowest BCUT2D eigenvalue weighted by Gasteiger charge is -2.44. The number of nitrogens with zero attached hydrogens (tertiary/aromatic N) is 1. The van der Waals surface area contributed by atoms with Crippen molar-refractivity contribution in [3.8, 4) is 0 Å². The number of likely N-dealkylation sites (tertiary alicyclic amines) is 1. The first-order valence-corrected chi connectivity index (χ1v) is 8.56. The Hall–Kier alpha value is -2.41. The van der Waals surface area contributed by atoms with E-state index >= 15 is 0 Å². The van der Waals surface area contributed by atoms with Crippen molar-refractivity contribution >= 4 is 17.8 Å². The zero-order chi connectivity index (χ0) is 19.2. The molecular weight excluding hydrogens is 338 g/mol. The van der Waals surface area contributed by atoms with Crippen LogP contribution in [0.5, 0.6) is 0 Å². The van der Waals surface area contributed by atoms with Gasteiger partial charge in [0.2, 0.25) is 11.7 Å². The summed E-state index contributed by atoms with van der Waals surface area (Å²) in [7, 11) is 0. The molecule has 0 aliphatic carbocycles. The summed E-state index contributed by atoms with van der Waals surface area (Å²) in [4.78, 5) is 36.3. The Morgan fingerprint density at radius 1 is 1.12 bits per heavy atom. The Balaban J connectivity index is 2.19. The van der Waals surface area contributed by atoms with Crippen LogP contribution in [0.1, 0.15) is 32.8 Å². The molecule has 2 unspecified atom stereocenters. The minimum Gasteiger partial charge on any atom is -0.466 e. The van der Waals surface area contributed by atoms with Crippen LogP contribution in [0, 0.1) is 5.92 Å². The molecule has 0 saturated carbocycles. The molecule has 26 heavy (non-hydrogen) atoms. The highest BCUT2D eigenvalue weighted by Crippen LogP contribution is 2.32. The molecule has 1 aromatic carbocycles. The Bertz CT molecular complexity index is 647. The number of piperidine rings is 1. The third kappa shape index (κ3) is 5.84. The van der Waals surface area contributed by atoms with Crippen molar-refractivity contribution in [2.24, 2.45) is 5.92 Å². The summed E-state index contributed by atoms with van der Waals surface area (Å²) in [5.74, 6) is -2.50. The molecule has 0 spiro atoms. The minimum atomic E-state index is -1.27. The van der Waals surface area contributed by atoms with Crippen LogP contribution in [0.3, 0.4) is 0 Å². The summed E-state index contributed by atoms with van der Waals surface area (Å²) < 4.78 is 16.6. The average molecular weight is 363 g/mol. The van der Waals surface area contributed by atoms with Gasteiger partial charge >= 0.3 is 11.9 Å². The first-order chi connectivity index (χ1) is 12.3. The number of hydrogen-bond donors (Lipinski definition) is 0. The third-order valence-corrected chi connectivity index (χ3v) is 4.15. The van der Waals surface area contributed by atoms with Gasteiger partial charge in [0.05, 0.1) is 19.8 Å². The minimum absolute atomic E-state index is 0.136. The van der Waals surface area contributed by atoms with E-state index < -0.39 is 17.7 Å². The fourth-order valence-corrected chi connectivity index (χ4v) is 3.08. The van der Waals surface area contributed by atoms with Crippen molar-refractivity contribution < 1.29 is 28.6 Å². The van der Waals surface area contributed by atoms with Crippen molar-refractivity contribution in [1.82, 2.24) is 4.90 Å². The fourth-order valence-electron chi connectivity index (χ4n) is 3.08. The topological polar surface area (TPSA) is 82.1 Å². The number of esters is 2. The molecule has 1 saturated heterocycles. The largest absolute Gasteiger partial charge is 0.466 e. The Morgan fingerprint density at radius 3 is 2.38 bits per heavy atom. The van der Waals surface area contributed by atoms with Gasteiger partial charge in [-0.1, -0.05) is 30.3 Å². The number of amides is 1. The number of carbonyl (C=O) groups is 3. The van der Waals surface area contributed by atoms with E-state index in [-0.39, 0.29) is 31.6 Å². The molecule has 0 aromatic heterocycles. The van der Waals surface area contributed by atoms with Crippen LogP contribution in [0.15, 0.2) is 30.3 Å². The van der Waals surface area contributed by atoms with E-state index in [2.05, 4.69) is 0 Å². The molecule has 0 radical (unpaired) electrons. The molecule has 1 aromatic rings. The van der Waals surface area contributed by atoms with E-state index in [1.165, 1.54) is 20.8 Å². The molecule has 0 N–H and O–H groups in total. The van der Waals surface area contributed by atoms with Gasteiger partial charge in [-0.25, -0.2) is 0 Å². The standard InChI is InChI=1S/C19H25NO6/c1-14(21)20-10-18(11-24-15(2)22)9-19(13-20,26-16(3)23)25-12-17-7-5-4-6-8-17/h4-8,18H,9-13H2,1-3H3. The van der Waals surface area contributed by atoms with Crippen molar-refractivity contribution in [2.45, 2.75) is 39.6 Å². The molecule has 1 aliphatic heterocycles. The second kappa shape index (κ2) is 8.80. The second-order valence-corrected chi connectivity index (χ2v) is 6.55. The van der Waals surface area contributed by atoms with E-state index in [0.717, 1.165) is 5.56 Å². The van der Waals surface area contributed by atoms with E-state index in [0.29, 0.717) is 13.0 Å². The lowest BCUT2D eigenvalue weighted by molar-refractivity contribution is -0.261. The summed E-state index contributed by atoms with van der Waals surface area (Å²) >= 11 is 0. The maximum Gasteiger partial charge on any atom is 0.305 e. The maximum absolute atomic E-state index is 12.0. The van der Waals surface area contributed by atoms with Crippen LogP contribution in [0.25, 0.3) is 0 Å². The first-order valence-electron chi connectivity index (χ1n) is 8.56. The molecule has 1 aliphatic rings. The molecular formula is C19H25NO6. The van der Waals surface area contributed by atoms with Crippen LogP contribution in [0.4, 0.5) is 0 Å². The van der Waals surface area contributed by atoms with Gasteiger partial charge in [-0.15, -0.1) is 0 Å². The summed E-state index contributed by atoms with van der Waals surface area (Å²) in [5, 5.41) is 0. The van der Waals surface area contributed by atoms with E-state index in [1.807, 2.05) is 30.3 Å². The Morgan fingerprint density at radius 2 is 1.81 bits per heavy atom. The summed E-state index contributed by atoms with van der Waals surface area (Å²) in [5.41, 5.74) is 0.926. The van der Waals surface area contributed by atoms with Gasteiger partial charge in [0, 0.05) is 39.7 Å². The Kier molecular flexibility index (Phi) is 6.74. The number of hydrogen-bond acceptors (Lipinski definition) is 6. The monoisotopic (exact) mass is 363 g/mol. The van der Waals surface area contributed by atoms with Crippen LogP contribution in [0.2, 0.25) is 0 Å². The van der Waals surface area contributed by atoms with Gasteiger partial charge < -0.3 is 19.1 Å². The predicted molar refractivity (Wildman–Crippen MR) is 92.7 cm³/mol. The zero-order valence-electron chi connectivity index (χ0n) is 15.4. The molecule has 7 heteroatoms. The van der Waals surface area contributed by atoms with E-state index in [9.17, 15) is 14.4 Å². The van der Waals surface area contributed by atoms with Gasteiger partial charge in [-0.2, -0.15) is 0 Å². The lowest BCUT2D eigenvalue weighted by Crippen LogP contribution is -2.57. The molecule has 1 amide bonds. The van der Waals surface area contributed by atoms with Crippen molar-refractivity contribution in [3.63, 3.8) is 0 Å². The maximum atomic E-state index is 12.0. The van der Waals surface area contributed by atoms with Crippen LogP contribution < -0.4 is 0 Å². The summed E-state index contributed by atoms with van der Waals surface area (Å²) in [6.45, 7) is 5.02. The quantitative estimate of drug-likeness (QED) is 0.567. The SMILES string of the molecule is CC(=O)OCC1CN(C(C)=O)CC(OCc2ccccc2)(OC(C)=O)C1. The van der Waals surface area contributed by atoms with Gasteiger partial charge in [0.1, 0.15) is 0 Å².